The molecule has 0 fully saturated rings. The Morgan fingerprint density at radius 1 is 1.50 bits per heavy atom. The van der Waals surface area contributed by atoms with Gasteiger partial charge in [-0.25, -0.2) is 13.1 Å². The zero-order valence-electron chi connectivity index (χ0n) is 8.28. The van der Waals surface area contributed by atoms with E-state index in [-0.39, 0.29) is 12.3 Å². The van der Waals surface area contributed by atoms with E-state index >= 15 is 0 Å². The van der Waals surface area contributed by atoms with E-state index in [1.54, 1.807) is 0 Å². The average molecular weight is 224 g/mol. The van der Waals surface area contributed by atoms with Gasteiger partial charge in [-0.3, -0.25) is 4.79 Å². The summed E-state index contributed by atoms with van der Waals surface area (Å²) >= 11 is 0. The van der Waals surface area contributed by atoms with Crippen LogP contribution in [0.15, 0.2) is 0 Å². The van der Waals surface area contributed by atoms with E-state index in [1.165, 1.54) is 13.8 Å². The number of rotatable bonds is 6. The fourth-order valence-electron chi connectivity index (χ4n) is 0.570. The lowest BCUT2D eigenvalue weighted by molar-refractivity contribution is -0.125. The molecule has 6 nitrogen and oxygen atoms in total. The molecule has 0 aromatic carbocycles. The van der Waals surface area contributed by atoms with Crippen molar-refractivity contribution >= 4 is 15.9 Å². The summed E-state index contributed by atoms with van der Waals surface area (Å²) in [5.41, 5.74) is 4.12. The van der Waals surface area contributed by atoms with Gasteiger partial charge in [0.05, 0.1) is 17.8 Å². The van der Waals surface area contributed by atoms with Crippen LogP contribution in [0.2, 0.25) is 0 Å². The molecule has 0 rings (SSSR count). The van der Waals surface area contributed by atoms with Crippen molar-refractivity contribution < 1.29 is 18.3 Å². The van der Waals surface area contributed by atoms with Gasteiger partial charge < -0.3 is 10.8 Å². The fraction of sp³-hybridized carbons (Fsp3) is 0.857. The second-order valence-electron chi connectivity index (χ2n) is 3.61. The third-order valence-electron chi connectivity index (χ3n) is 1.76. The first kappa shape index (κ1) is 13.3. The van der Waals surface area contributed by atoms with Gasteiger partial charge in [0.15, 0.2) is 0 Å². The van der Waals surface area contributed by atoms with Gasteiger partial charge in [0.2, 0.25) is 15.9 Å². The maximum absolute atomic E-state index is 11.1. The zero-order chi connectivity index (χ0) is 11.4. The lowest BCUT2D eigenvalue weighted by Crippen LogP contribution is -2.43. The molecule has 0 spiro atoms. The van der Waals surface area contributed by atoms with Crippen molar-refractivity contribution in [1.29, 1.82) is 0 Å². The van der Waals surface area contributed by atoms with Crippen LogP contribution in [0.1, 0.15) is 13.8 Å². The Morgan fingerprint density at radius 3 is 2.36 bits per heavy atom. The molecule has 7 heteroatoms. The predicted octanol–water partition coefficient (Wildman–Crippen LogP) is -1.59. The van der Waals surface area contributed by atoms with E-state index in [0.29, 0.717) is 0 Å². The molecule has 0 saturated heterocycles. The number of carbonyl (C=O) groups excluding carboxylic acids is 1. The summed E-state index contributed by atoms with van der Waals surface area (Å²) in [6, 6.07) is 0. The molecule has 0 aromatic rings. The molecule has 0 atom stereocenters. The molecule has 0 heterocycles. The van der Waals surface area contributed by atoms with Gasteiger partial charge in [0.1, 0.15) is 0 Å². The molecular weight excluding hydrogens is 208 g/mol. The Balaban J connectivity index is 4.26. The van der Waals surface area contributed by atoms with Gasteiger partial charge >= 0.3 is 0 Å². The third kappa shape index (κ3) is 4.54. The highest BCUT2D eigenvalue weighted by Crippen LogP contribution is 2.12. The minimum absolute atomic E-state index is 0.0648. The normalized spacial score (nSPS) is 12.8. The van der Waals surface area contributed by atoms with Crippen molar-refractivity contribution in [3.63, 3.8) is 0 Å². The van der Waals surface area contributed by atoms with Crippen LogP contribution in [0.3, 0.4) is 0 Å². The maximum Gasteiger partial charge on any atom is 0.224 e. The summed E-state index contributed by atoms with van der Waals surface area (Å²) in [5.74, 6) is -0.953. The highest BCUT2D eigenvalue weighted by molar-refractivity contribution is 7.89. The van der Waals surface area contributed by atoms with Gasteiger partial charge in [-0.2, -0.15) is 0 Å². The maximum atomic E-state index is 11.1. The highest BCUT2D eigenvalue weighted by Gasteiger charge is 2.26. The molecule has 0 saturated carbocycles. The van der Waals surface area contributed by atoms with E-state index in [4.69, 9.17) is 10.8 Å². The number of primary amides is 1. The second-order valence-corrected chi connectivity index (χ2v) is 5.54. The van der Waals surface area contributed by atoms with Crippen LogP contribution in [0.25, 0.3) is 0 Å². The Kier molecular flexibility index (Phi) is 4.50. The van der Waals surface area contributed by atoms with Crippen molar-refractivity contribution in [3.05, 3.63) is 0 Å². The number of sulfonamides is 1. The van der Waals surface area contributed by atoms with E-state index in [1.807, 2.05) is 0 Å². The van der Waals surface area contributed by atoms with E-state index in [9.17, 15) is 13.2 Å². The summed E-state index contributed by atoms with van der Waals surface area (Å²) in [7, 11) is -3.51. The molecule has 1 amide bonds. The van der Waals surface area contributed by atoms with Crippen molar-refractivity contribution in [2.24, 2.45) is 11.1 Å². The number of aliphatic hydroxyl groups is 1. The average Bonchev–Trinajstić information content (AvgIpc) is 2.01. The van der Waals surface area contributed by atoms with Crippen LogP contribution in [-0.2, 0) is 14.8 Å². The van der Waals surface area contributed by atoms with Gasteiger partial charge in [0, 0.05) is 6.54 Å². The van der Waals surface area contributed by atoms with Gasteiger partial charge in [-0.05, 0) is 13.8 Å². The van der Waals surface area contributed by atoms with Crippen molar-refractivity contribution in [3.8, 4) is 0 Å². The second kappa shape index (κ2) is 4.72. The largest absolute Gasteiger partial charge is 0.395 e. The van der Waals surface area contributed by atoms with Crippen LogP contribution in [0, 0.1) is 5.41 Å². The third-order valence-corrected chi connectivity index (χ3v) is 3.07. The minimum atomic E-state index is -3.51. The van der Waals surface area contributed by atoms with Gasteiger partial charge in [-0.1, -0.05) is 0 Å². The SMILES string of the molecule is CC(C)(CNS(=O)(=O)CCO)C(N)=O. The van der Waals surface area contributed by atoms with E-state index in [0.717, 1.165) is 0 Å². The minimum Gasteiger partial charge on any atom is -0.395 e. The number of carbonyl (C=O) groups is 1. The molecule has 4 N–H and O–H groups in total. The molecule has 14 heavy (non-hydrogen) atoms. The molecule has 0 aliphatic heterocycles. The first-order valence-electron chi connectivity index (χ1n) is 4.09. The van der Waals surface area contributed by atoms with E-state index < -0.39 is 28.0 Å². The summed E-state index contributed by atoms with van der Waals surface area (Å²) in [6.07, 6.45) is 0. The quantitative estimate of drug-likeness (QED) is 0.505. The number of amides is 1. The molecule has 0 radical (unpaired) electrons. The van der Waals surface area contributed by atoms with Gasteiger partial charge in [-0.15, -0.1) is 0 Å². The summed E-state index contributed by atoms with van der Waals surface area (Å²) in [6.45, 7) is 2.56. The molecule has 0 aliphatic carbocycles. The number of hydrogen-bond acceptors (Lipinski definition) is 4. The van der Waals surface area contributed by atoms with E-state index in [2.05, 4.69) is 4.72 Å². The smallest absolute Gasteiger partial charge is 0.224 e. The topological polar surface area (TPSA) is 109 Å². The van der Waals surface area contributed by atoms with Crippen LogP contribution in [0.4, 0.5) is 0 Å². The summed E-state index contributed by atoms with van der Waals surface area (Å²) < 4.78 is 24.3. The molecule has 84 valence electrons. The van der Waals surface area contributed by atoms with Gasteiger partial charge in [0.25, 0.3) is 0 Å². The number of hydrogen-bond donors (Lipinski definition) is 3. The van der Waals surface area contributed by atoms with Crippen LogP contribution in [-0.4, -0.2) is 38.3 Å². The van der Waals surface area contributed by atoms with Crippen LogP contribution >= 0.6 is 0 Å². The predicted molar refractivity (Wildman–Crippen MR) is 51.9 cm³/mol. The van der Waals surface area contributed by atoms with Crippen molar-refractivity contribution in [2.75, 3.05) is 18.9 Å². The Bertz CT molecular complexity index is 297. The van der Waals surface area contributed by atoms with Crippen LogP contribution < -0.4 is 10.5 Å². The number of nitrogens with one attached hydrogen (secondary N) is 1. The Morgan fingerprint density at radius 2 is 2.00 bits per heavy atom. The fourth-order valence-corrected chi connectivity index (χ4v) is 1.54. The van der Waals surface area contributed by atoms with Crippen LogP contribution in [0.5, 0.6) is 0 Å². The van der Waals surface area contributed by atoms with Crippen molar-refractivity contribution in [1.82, 2.24) is 4.72 Å². The number of aliphatic hydroxyl groups excluding tert-OH is 1. The lowest BCUT2D eigenvalue weighted by atomic mass is 9.93. The van der Waals surface area contributed by atoms with Crippen molar-refractivity contribution in [2.45, 2.75) is 13.8 Å². The highest BCUT2D eigenvalue weighted by atomic mass is 32.2. The number of nitrogens with two attached hydrogens (primary N) is 1. The molecule has 0 unspecified atom stereocenters. The zero-order valence-corrected chi connectivity index (χ0v) is 9.10. The first-order chi connectivity index (χ1) is 6.21. The Labute approximate surface area is 83.5 Å². The molecule has 0 aliphatic rings. The first-order valence-corrected chi connectivity index (χ1v) is 5.74. The monoisotopic (exact) mass is 224 g/mol. The Hall–Kier alpha value is -0.660. The summed E-state index contributed by atoms with van der Waals surface area (Å²) in [5, 5.41) is 8.43. The molecule has 0 aromatic heterocycles. The summed E-state index contributed by atoms with van der Waals surface area (Å²) in [4.78, 5) is 10.8. The lowest BCUT2D eigenvalue weighted by Gasteiger charge is -2.20. The molecular formula is C7H16N2O4S. The molecule has 0 bridgehead atoms. The standard InChI is InChI=1S/C7H16N2O4S/c1-7(2,6(8)11)5-9-14(12,13)4-3-10/h9-10H,3-5H2,1-2H3,(H2,8,11).